The zero-order valence-electron chi connectivity index (χ0n) is 23.8. The van der Waals surface area contributed by atoms with Gasteiger partial charge < -0.3 is 25.4 Å². The van der Waals surface area contributed by atoms with Crippen LogP contribution in [-0.2, 0) is 32.1 Å². The Balaban J connectivity index is 1.56. The molecule has 1 aliphatic rings. The van der Waals surface area contributed by atoms with E-state index in [4.69, 9.17) is 27.9 Å². The Morgan fingerprint density at radius 1 is 1.00 bits per heavy atom. The number of aliphatic carboxylic acids is 1. The predicted octanol–water partition coefficient (Wildman–Crippen LogP) is 5.61. The van der Waals surface area contributed by atoms with Crippen molar-refractivity contribution in [2.75, 3.05) is 13.6 Å². The number of benzene rings is 2. The Morgan fingerprint density at radius 3 is 2.43 bits per heavy atom. The third-order valence-electron chi connectivity index (χ3n) is 7.52. The minimum Gasteiger partial charge on any atom is -0.480 e. The van der Waals surface area contributed by atoms with Crippen molar-refractivity contribution in [3.8, 4) is 0 Å². The normalized spacial score (nSPS) is 14.8. The van der Waals surface area contributed by atoms with Gasteiger partial charge in [0.15, 0.2) is 0 Å². The van der Waals surface area contributed by atoms with Gasteiger partial charge in [0.2, 0.25) is 11.8 Å². The van der Waals surface area contributed by atoms with Crippen molar-refractivity contribution >= 4 is 47.1 Å². The molecule has 0 saturated heterocycles. The third-order valence-corrected chi connectivity index (χ3v) is 8.13. The van der Waals surface area contributed by atoms with Crippen molar-refractivity contribution in [1.82, 2.24) is 15.5 Å². The van der Waals surface area contributed by atoms with Gasteiger partial charge in [-0.15, -0.1) is 0 Å². The number of rotatable bonds is 14. The molecule has 1 saturated carbocycles. The molecule has 2 aromatic carbocycles. The second-order valence-electron chi connectivity index (χ2n) is 10.7. The minimum absolute atomic E-state index is 0.0337. The molecule has 9 nitrogen and oxygen atoms in total. The molecule has 2 unspecified atom stereocenters. The van der Waals surface area contributed by atoms with Gasteiger partial charge in [-0.05, 0) is 54.5 Å². The molecule has 3 rings (SSSR count). The molecular formula is C31H39Cl2N3O6. The lowest BCUT2D eigenvalue weighted by atomic mass is 9.84. The molecule has 2 atom stereocenters. The van der Waals surface area contributed by atoms with E-state index in [1.54, 1.807) is 37.4 Å². The number of likely N-dealkylation sites (N-methyl/N-ethyl adjacent to an activating group) is 1. The lowest BCUT2D eigenvalue weighted by molar-refractivity contribution is -0.142. The standard InChI is InChI=1S/C31H39Cl2N3O6/c1-36(17-16-23-11-5-6-13-25(23)33)28(37)15-14-26(30(39)40)34-29(38)27(19-21-8-3-2-4-9-21)35-31(41)42-20-22-10-7-12-24(32)18-22/h5-7,10-13,18,21,26-27H,2-4,8-9,14-17,19-20H2,1H3,(H,34,38)(H,35,41)(H,39,40). The fourth-order valence-corrected chi connectivity index (χ4v) is 5.49. The van der Waals surface area contributed by atoms with E-state index in [1.807, 2.05) is 18.2 Å². The molecule has 3 amide bonds. The molecule has 1 fully saturated rings. The summed E-state index contributed by atoms with van der Waals surface area (Å²) in [6.45, 7) is 0.380. The summed E-state index contributed by atoms with van der Waals surface area (Å²) in [6.07, 6.45) is 5.06. The molecule has 11 heteroatoms. The van der Waals surface area contributed by atoms with Gasteiger partial charge >= 0.3 is 12.1 Å². The number of hydrogen-bond donors (Lipinski definition) is 3. The third kappa shape index (κ3) is 11.2. The minimum atomic E-state index is -1.29. The van der Waals surface area contributed by atoms with Crippen LogP contribution in [0.1, 0.15) is 62.5 Å². The smallest absolute Gasteiger partial charge is 0.408 e. The maximum absolute atomic E-state index is 13.3. The van der Waals surface area contributed by atoms with Crippen LogP contribution < -0.4 is 10.6 Å². The van der Waals surface area contributed by atoms with Crippen molar-refractivity contribution < 1.29 is 29.0 Å². The summed E-state index contributed by atoms with van der Waals surface area (Å²) in [4.78, 5) is 52.2. The molecule has 42 heavy (non-hydrogen) atoms. The van der Waals surface area contributed by atoms with Crippen molar-refractivity contribution in [1.29, 1.82) is 0 Å². The van der Waals surface area contributed by atoms with E-state index < -0.39 is 30.1 Å². The molecule has 2 aromatic rings. The molecule has 0 aromatic heterocycles. The zero-order valence-corrected chi connectivity index (χ0v) is 25.3. The number of nitrogens with one attached hydrogen (secondary N) is 2. The molecule has 0 spiro atoms. The van der Waals surface area contributed by atoms with Gasteiger partial charge in [-0.2, -0.15) is 0 Å². The van der Waals surface area contributed by atoms with Crippen molar-refractivity contribution in [2.24, 2.45) is 5.92 Å². The molecule has 0 bridgehead atoms. The number of ether oxygens (including phenoxy) is 1. The summed E-state index contributed by atoms with van der Waals surface area (Å²) < 4.78 is 5.31. The van der Waals surface area contributed by atoms with E-state index in [9.17, 15) is 24.3 Å². The Hall–Kier alpha value is -3.30. The number of alkyl carbamates (subject to hydrolysis) is 1. The maximum atomic E-state index is 13.3. The number of carboxylic acids is 1. The van der Waals surface area contributed by atoms with Crippen LogP contribution in [0.5, 0.6) is 0 Å². The number of hydrogen-bond acceptors (Lipinski definition) is 5. The molecule has 1 aliphatic carbocycles. The average Bonchev–Trinajstić information content (AvgIpc) is 2.97. The highest BCUT2D eigenvalue weighted by Crippen LogP contribution is 2.27. The van der Waals surface area contributed by atoms with Gasteiger partial charge in [-0.3, -0.25) is 9.59 Å². The Labute approximate surface area is 256 Å². The number of carbonyl (C=O) groups is 4. The topological polar surface area (TPSA) is 125 Å². The van der Waals surface area contributed by atoms with E-state index in [0.717, 1.165) is 37.7 Å². The van der Waals surface area contributed by atoms with Crippen LogP contribution in [0.3, 0.4) is 0 Å². The van der Waals surface area contributed by atoms with E-state index in [2.05, 4.69) is 10.6 Å². The second-order valence-corrected chi connectivity index (χ2v) is 11.6. The first-order valence-corrected chi connectivity index (χ1v) is 15.1. The lowest BCUT2D eigenvalue weighted by Crippen LogP contribution is -2.52. The highest BCUT2D eigenvalue weighted by molar-refractivity contribution is 6.31. The number of carbonyl (C=O) groups excluding carboxylic acids is 3. The summed E-state index contributed by atoms with van der Waals surface area (Å²) in [5.74, 6) is -1.90. The summed E-state index contributed by atoms with van der Waals surface area (Å²) in [5.41, 5.74) is 1.61. The van der Waals surface area contributed by atoms with Gasteiger partial charge in [-0.25, -0.2) is 9.59 Å². The summed E-state index contributed by atoms with van der Waals surface area (Å²) >= 11 is 12.2. The summed E-state index contributed by atoms with van der Waals surface area (Å²) in [6, 6.07) is 12.0. The lowest BCUT2D eigenvalue weighted by Gasteiger charge is -2.27. The van der Waals surface area contributed by atoms with Crippen LogP contribution in [0.4, 0.5) is 4.79 Å². The number of amides is 3. The Kier molecular flexibility index (Phi) is 13.4. The summed E-state index contributed by atoms with van der Waals surface area (Å²) in [5, 5.41) is 16.1. The van der Waals surface area contributed by atoms with E-state index in [0.29, 0.717) is 35.0 Å². The van der Waals surface area contributed by atoms with E-state index in [1.165, 1.54) is 4.90 Å². The van der Waals surface area contributed by atoms with Gasteiger partial charge in [-0.1, -0.05) is 85.6 Å². The van der Waals surface area contributed by atoms with E-state index >= 15 is 0 Å². The number of carboxylic acid groups (broad SMARTS) is 1. The summed E-state index contributed by atoms with van der Waals surface area (Å²) in [7, 11) is 1.65. The molecule has 0 radical (unpaired) electrons. The maximum Gasteiger partial charge on any atom is 0.408 e. The van der Waals surface area contributed by atoms with Gasteiger partial charge in [0.05, 0.1) is 0 Å². The number of halogens is 2. The van der Waals surface area contributed by atoms with Crippen LogP contribution >= 0.6 is 23.2 Å². The molecule has 0 heterocycles. The molecule has 228 valence electrons. The van der Waals surface area contributed by atoms with Crippen LogP contribution in [0, 0.1) is 5.92 Å². The largest absolute Gasteiger partial charge is 0.480 e. The second kappa shape index (κ2) is 17.0. The van der Waals surface area contributed by atoms with Crippen molar-refractivity contribution in [3.63, 3.8) is 0 Å². The first kappa shape index (κ1) is 33.2. The molecule has 3 N–H and O–H groups in total. The van der Waals surface area contributed by atoms with E-state index in [-0.39, 0.29) is 31.3 Å². The fraction of sp³-hybridized carbons (Fsp3) is 0.484. The van der Waals surface area contributed by atoms with Crippen molar-refractivity contribution in [3.05, 3.63) is 69.7 Å². The predicted molar refractivity (Wildman–Crippen MR) is 161 cm³/mol. The highest BCUT2D eigenvalue weighted by Gasteiger charge is 2.30. The van der Waals surface area contributed by atoms with Crippen LogP contribution in [0.25, 0.3) is 0 Å². The van der Waals surface area contributed by atoms with Gasteiger partial charge in [0.1, 0.15) is 18.7 Å². The zero-order chi connectivity index (χ0) is 30.5. The first-order chi connectivity index (χ1) is 20.1. The Bertz CT molecular complexity index is 1220. The Morgan fingerprint density at radius 2 is 1.74 bits per heavy atom. The van der Waals surface area contributed by atoms with Gasteiger partial charge in [0.25, 0.3) is 0 Å². The van der Waals surface area contributed by atoms with Crippen molar-refractivity contribution in [2.45, 2.75) is 76.5 Å². The van der Waals surface area contributed by atoms with Crippen LogP contribution in [-0.4, -0.2) is 59.6 Å². The average molecular weight is 621 g/mol. The quantitative estimate of drug-likeness (QED) is 0.252. The molecule has 0 aliphatic heterocycles. The van der Waals surface area contributed by atoms with Crippen LogP contribution in [0.2, 0.25) is 10.0 Å². The number of nitrogens with zero attached hydrogens (tertiary/aromatic N) is 1. The monoisotopic (exact) mass is 619 g/mol. The first-order valence-electron chi connectivity index (χ1n) is 14.3. The fourth-order valence-electron chi connectivity index (χ4n) is 5.05. The highest BCUT2D eigenvalue weighted by atomic mass is 35.5. The van der Waals surface area contributed by atoms with Gasteiger partial charge in [0, 0.05) is 30.1 Å². The van der Waals surface area contributed by atoms with Crippen LogP contribution in [0.15, 0.2) is 48.5 Å². The molecular weight excluding hydrogens is 581 g/mol. The SMILES string of the molecule is CN(CCc1ccccc1Cl)C(=O)CCC(NC(=O)C(CC1CCCCC1)NC(=O)OCc1cccc(Cl)c1)C(=O)O.